The van der Waals surface area contributed by atoms with Gasteiger partial charge in [-0.25, -0.2) is 0 Å². The Labute approximate surface area is 78.2 Å². The van der Waals surface area contributed by atoms with Gasteiger partial charge in [0, 0.05) is 0 Å². The summed E-state index contributed by atoms with van der Waals surface area (Å²) in [5.41, 5.74) is 0. The summed E-state index contributed by atoms with van der Waals surface area (Å²) in [5.74, 6) is 0. The van der Waals surface area contributed by atoms with E-state index in [9.17, 15) is 0 Å². The Morgan fingerprint density at radius 1 is 1.60 bits per heavy atom. The fraction of sp³-hybridized carbons (Fsp3) is 0.500. The van der Waals surface area contributed by atoms with Gasteiger partial charge in [0.15, 0.2) is 0 Å². The van der Waals surface area contributed by atoms with Gasteiger partial charge in [0.25, 0.3) is 0 Å². The van der Waals surface area contributed by atoms with Crippen LogP contribution in [0, 0.1) is 0 Å². The zero-order chi connectivity index (χ0) is 7.23. The number of hydrogen-bond acceptors (Lipinski definition) is 3. The molecule has 0 spiro atoms. The molecule has 0 amide bonds. The molecule has 1 aliphatic rings. The van der Waals surface area contributed by atoms with Crippen molar-refractivity contribution in [1.82, 2.24) is 0 Å². The first-order valence-electron chi connectivity index (χ1n) is 2.99. The Bertz CT molecular complexity index is 156. The van der Waals surface area contributed by atoms with Crippen molar-refractivity contribution in [2.24, 2.45) is 4.99 Å². The van der Waals surface area contributed by atoms with Crippen molar-refractivity contribution < 1.29 is 19.8 Å². The van der Waals surface area contributed by atoms with Crippen LogP contribution in [0.4, 0.5) is 0 Å². The molecule has 0 saturated heterocycles. The van der Waals surface area contributed by atoms with Gasteiger partial charge in [-0.1, -0.05) is 0 Å². The predicted molar refractivity (Wildman–Crippen MR) is 46.9 cm³/mol. The Balaban J connectivity index is 2.26. The Morgan fingerprint density at radius 2 is 2.50 bits per heavy atom. The minimum absolute atomic E-state index is 0.345. The van der Waals surface area contributed by atoms with E-state index in [4.69, 9.17) is 0 Å². The van der Waals surface area contributed by atoms with Crippen LogP contribution in [0.1, 0.15) is 12.8 Å². The molecule has 4 heteroatoms. The normalized spacial score (nSPS) is 17.5. The molecular formula is C6H9INS2-. The molecule has 1 rings (SSSR count). The number of halogens is 1. The molecule has 0 N–H and O–H groups in total. The standard InChI is InChI=1S/C6H9INS2/c1-7-10-9-6-4-2-3-5-8-6/h4-5H,2-3H2,1H3/q-1. The fourth-order valence-corrected chi connectivity index (χ4v) is 5.03. The van der Waals surface area contributed by atoms with Crippen LogP contribution in [-0.2, 0) is 0 Å². The van der Waals surface area contributed by atoms with E-state index < -0.39 is 0 Å². The first-order chi connectivity index (χ1) is 4.93. The van der Waals surface area contributed by atoms with Crippen LogP contribution < -0.4 is 19.8 Å². The van der Waals surface area contributed by atoms with Gasteiger partial charge >= 0.3 is 78.7 Å². The van der Waals surface area contributed by atoms with Crippen LogP contribution in [0.25, 0.3) is 0 Å². The van der Waals surface area contributed by atoms with E-state index in [-0.39, 0.29) is 0 Å². The van der Waals surface area contributed by atoms with Crippen LogP contribution in [0.3, 0.4) is 0 Å². The van der Waals surface area contributed by atoms with Crippen molar-refractivity contribution >= 4 is 25.0 Å². The number of allylic oxidation sites excluding steroid dienone is 1. The van der Waals surface area contributed by atoms with Crippen LogP contribution in [0.15, 0.2) is 16.1 Å². The van der Waals surface area contributed by atoms with Crippen LogP contribution >= 0.6 is 18.8 Å². The molecule has 1 heterocycles. The second kappa shape index (κ2) is 5.49. The summed E-state index contributed by atoms with van der Waals surface area (Å²) in [6.45, 7) is 0. The molecule has 0 bridgehead atoms. The van der Waals surface area contributed by atoms with Crippen molar-refractivity contribution in [2.45, 2.75) is 12.8 Å². The van der Waals surface area contributed by atoms with E-state index >= 15 is 0 Å². The number of alkyl halides is 1. The van der Waals surface area contributed by atoms with Crippen LogP contribution in [0.2, 0.25) is 0 Å². The minimum atomic E-state index is 0.345. The average molecular weight is 286 g/mol. The number of aliphatic imine (C=N–C) groups is 1. The summed E-state index contributed by atoms with van der Waals surface area (Å²) in [4.78, 5) is 6.53. The molecule has 0 saturated carbocycles. The maximum absolute atomic E-state index is 4.26. The molecule has 0 aliphatic carbocycles. The number of nitrogens with zero attached hydrogens (tertiary/aromatic N) is 1. The molecule has 58 valence electrons. The summed E-state index contributed by atoms with van der Waals surface area (Å²) >= 11 is 0.345. The monoisotopic (exact) mass is 286 g/mol. The van der Waals surface area contributed by atoms with E-state index in [1.165, 1.54) is 11.4 Å². The summed E-state index contributed by atoms with van der Waals surface area (Å²) in [6.07, 6.45) is 6.53. The van der Waals surface area contributed by atoms with Gasteiger partial charge in [0.05, 0.1) is 0 Å². The van der Waals surface area contributed by atoms with Crippen LogP contribution in [0.5, 0.6) is 0 Å². The maximum atomic E-state index is 4.26. The molecule has 0 fully saturated rings. The summed E-state index contributed by atoms with van der Waals surface area (Å²) in [5, 5.41) is 1.21. The first-order valence-corrected chi connectivity index (χ1v) is 9.84. The molecule has 10 heavy (non-hydrogen) atoms. The van der Waals surface area contributed by atoms with Crippen molar-refractivity contribution in [3.05, 3.63) is 11.1 Å². The Morgan fingerprint density at radius 3 is 3.10 bits per heavy atom. The molecule has 1 aliphatic heterocycles. The van der Waals surface area contributed by atoms with E-state index in [2.05, 4.69) is 16.0 Å². The SMILES string of the molecule is C[I-]SSC1=CCCC=N1. The Hall–Kier alpha value is 0.840. The summed E-state index contributed by atoms with van der Waals surface area (Å²) in [7, 11) is 3.79. The van der Waals surface area contributed by atoms with Crippen molar-refractivity contribution in [1.29, 1.82) is 0 Å². The van der Waals surface area contributed by atoms with Gasteiger partial charge in [-0.3, -0.25) is 0 Å². The Kier molecular flexibility index (Phi) is 4.90. The zero-order valence-corrected chi connectivity index (χ0v) is 9.50. The summed E-state index contributed by atoms with van der Waals surface area (Å²) < 4.78 is 0. The van der Waals surface area contributed by atoms with Crippen molar-refractivity contribution in [2.75, 3.05) is 4.93 Å². The zero-order valence-electron chi connectivity index (χ0n) is 5.71. The third-order valence-electron chi connectivity index (χ3n) is 1.01. The third-order valence-corrected chi connectivity index (χ3v) is 7.58. The fourth-order valence-electron chi connectivity index (χ4n) is 0.608. The first kappa shape index (κ1) is 8.93. The number of hydrogen-bond donors (Lipinski definition) is 0. The van der Waals surface area contributed by atoms with Gasteiger partial charge in [-0.2, -0.15) is 0 Å². The van der Waals surface area contributed by atoms with E-state index in [0.29, 0.717) is 19.8 Å². The van der Waals surface area contributed by atoms with E-state index in [1.807, 2.05) is 25.0 Å². The molecule has 0 aromatic carbocycles. The molecule has 1 nitrogen and oxygen atoms in total. The van der Waals surface area contributed by atoms with Gasteiger partial charge in [0.1, 0.15) is 0 Å². The predicted octanol–water partition coefficient (Wildman–Crippen LogP) is -0.292. The van der Waals surface area contributed by atoms with Gasteiger partial charge in [0.2, 0.25) is 0 Å². The average Bonchev–Trinajstić information content (AvgIpc) is 2.03. The van der Waals surface area contributed by atoms with Gasteiger partial charge in [-0.15, -0.1) is 0 Å². The van der Waals surface area contributed by atoms with E-state index in [1.54, 1.807) is 0 Å². The van der Waals surface area contributed by atoms with E-state index in [0.717, 1.165) is 6.42 Å². The molecule has 0 aromatic rings. The second-order valence-electron chi connectivity index (χ2n) is 1.73. The van der Waals surface area contributed by atoms with Crippen molar-refractivity contribution in [3.63, 3.8) is 0 Å². The topological polar surface area (TPSA) is 12.4 Å². The molecular weight excluding hydrogens is 277 g/mol. The van der Waals surface area contributed by atoms with Crippen molar-refractivity contribution in [3.8, 4) is 0 Å². The van der Waals surface area contributed by atoms with Gasteiger partial charge < -0.3 is 0 Å². The molecule has 0 radical (unpaired) electrons. The molecule has 0 atom stereocenters. The quantitative estimate of drug-likeness (QED) is 0.401. The third kappa shape index (κ3) is 3.30. The summed E-state index contributed by atoms with van der Waals surface area (Å²) in [6, 6.07) is 0. The van der Waals surface area contributed by atoms with Crippen LogP contribution in [-0.4, -0.2) is 11.1 Å². The molecule has 0 aromatic heterocycles. The number of rotatable bonds is 3. The molecule has 0 unspecified atom stereocenters. The van der Waals surface area contributed by atoms with Gasteiger partial charge in [-0.05, 0) is 0 Å². The second-order valence-corrected chi connectivity index (χ2v) is 9.51.